The molecule has 3 N–H and O–H groups in total. The Kier molecular flexibility index (Phi) is 4.25. The minimum atomic E-state index is 0.362. The maximum atomic E-state index is 5.89. The van der Waals surface area contributed by atoms with Gasteiger partial charge in [-0.25, -0.2) is 0 Å². The number of halogens is 1. The van der Waals surface area contributed by atoms with Gasteiger partial charge < -0.3 is 11.1 Å². The molecule has 1 fully saturated rings. The van der Waals surface area contributed by atoms with Crippen molar-refractivity contribution in [3.05, 3.63) is 21.3 Å². The van der Waals surface area contributed by atoms with Crippen molar-refractivity contribution >= 4 is 22.9 Å². The molecule has 0 saturated heterocycles. The molecule has 0 aromatic carbocycles. The number of rotatable bonds is 5. The topological polar surface area (TPSA) is 38.0 Å². The predicted molar refractivity (Wildman–Crippen MR) is 71.0 cm³/mol. The Morgan fingerprint density at radius 1 is 1.38 bits per heavy atom. The summed E-state index contributed by atoms with van der Waals surface area (Å²) in [7, 11) is 0. The zero-order valence-electron chi connectivity index (χ0n) is 9.47. The number of nitrogens with two attached hydrogens (primary N) is 1. The van der Waals surface area contributed by atoms with Crippen LogP contribution < -0.4 is 11.1 Å². The maximum absolute atomic E-state index is 5.89. The Morgan fingerprint density at radius 3 is 2.69 bits per heavy atom. The quantitative estimate of drug-likeness (QED) is 0.852. The molecule has 2 rings (SSSR count). The zero-order chi connectivity index (χ0) is 11.4. The molecule has 0 bridgehead atoms. The van der Waals surface area contributed by atoms with Crippen molar-refractivity contribution in [3.8, 4) is 0 Å². The third-order valence-electron chi connectivity index (χ3n) is 3.53. The fourth-order valence-corrected chi connectivity index (χ4v) is 3.53. The van der Waals surface area contributed by atoms with Crippen molar-refractivity contribution < 1.29 is 0 Å². The second kappa shape index (κ2) is 5.50. The first kappa shape index (κ1) is 12.4. The Hall–Kier alpha value is -0.0900. The molecular weight excluding hydrogens is 240 g/mol. The summed E-state index contributed by atoms with van der Waals surface area (Å²) in [5.41, 5.74) is 6.26. The lowest BCUT2D eigenvalue weighted by atomic mass is 9.86. The monoisotopic (exact) mass is 258 g/mol. The molecule has 0 unspecified atom stereocenters. The molecule has 1 aliphatic carbocycles. The molecular formula is C12H19ClN2S. The van der Waals surface area contributed by atoms with Crippen LogP contribution in [0.15, 0.2) is 12.1 Å². The van der Waals surface area contributed by atoms with E-state index >= 15 is 0 Å². The summed E-state index contributed by atoms with van der Waals surface area (Å²) >= 11 is 7.54. The van der Waals surface area contributed by atoms with Gasteiger partial charge in [0.15, 0.2) is 0 Å². The second-order valence-electron chi connectivity index (χ2n) is 4.72. The molecule has 0 spiro atoms. The van der Waals surface area contributed by atoms with E-state index in [9.17, 15) is 0 Å². The Bertz CT molecular complexity index is 332. The number of hydrogen-bond acceptors (Lipinski definition) is 3. The molecule has 1 aromatic heterocycles. The molecule has 16 heavy (non-hydrogen) atoms. The number of thiophene rings is 1. The van der Waals surface area contributed by atoms with Crippen molar-refractivity contribution in [2.45, 2.75) is 32.2 Å². The highest BCUT2D eigenvalue weighted by molar-refractivity contribution is 7.16. The van der Waals surface area contributed by atoms with Crippen molar-refractivity contribution in [1.29, 1.82) is 0 Å². The summed E-state index contributed by atoms with van der Waals surface area (Å²) < 4.78 is 0.867. The van der Waals surface area contributed by atoms with Crippen molar-refractivity contribution in [3.63, 3.8) is 0 Å². The van der Waals surface area contributed by atoms with Crippen LogP contribution in [0.2, 0.25) is 4.34 Å². The molecule has 0 aliphatic heterocycles. The highest BCUT2D eigenvalue weighted by Gasteiger charge is 2.31. The van der Waals surface area contributed by atoms with Crippen LogP contribution in [0.3, 0.4) is 0 Å². The number of nitrogens with one attached hydrogen (secondary N) is 1. The summed E-state index contributed by atoms with van der Waals surface area (Å²) in [6, 6.07) is 4.04. The molecule has 1 heterocycles. The maximum Gasteiger partial charge on any atom is 0.0931 e. The lowest BCUT2D eigenvalue weighted by Gasteiger charge is -2.27. The van der Waals surface area contributed by atoms with Gasteiger partial charge in [0.1, 0.15) is 0 Å². The fourth-order valence-electron chi connectivity index (χ4n) is 2.48. The highest BCUT2D eigenvalue weighted by Crippen LogP contribution is 2.36. The van der Waals surface area contributed by atoms with Crippen molar-refractivity contribution in [2.24, 2.45) is 11.1 Å². The van der Waals surface area contributed by atoms with Crippen LogP contribution in [0.25, 0.3) is 0 Å². The van der Waals surface area contributed by atoms with Crippen molar-refractivity contribution in [2.75, 3.05) is 13.1 Å². The van der Waals surface area contributed by atoms with Crippen LogP contribution >= 0.6 is 22.9 Å². The predicted octanol–water partition coefficient (Wildman–Crippen LogP) is 3.01. The smallest absolute Gasteiger partial charge is 0.0931 e. The Labute approximate surface area is 106 Å². The van der Waals surface area contributed by atoms with E-state index in [4.69, 9.17) is 17.3 Å². The minimum absolute atomic E-state index is 0.362. The normalized spacial score (nSPS) is 19.1. The van der Waals surface area contributed by atoms with E-state index in [2.05, 4.69) is 11.4 Å². The molecule has 0 amide bonds. The number of hydrogen-bond donors (Lipinski definition) is 2. The molecule has 90 valence electrons. The van der Waals surface area contributed by atoms with E-state index in [1.807, 2.05) is 6.07 Å². The van der Waals surface area contributed by atoms with Crippen LogP contribution in [-0.2, 0) is 6.54 Å². The summed E-state index contributed by atoms with van der Waals surface area (Å²) in [4.78, 5) is 1.30. The standard InChI is InChI=1S/C12H19ClN2S/c13-11-4-3-10(16-11)7-15-9-12(8-14)5-1-2-6-12/h3-4,15H,1-2,5-9,14H2. The fraction of sp³-hybridized carbons (Fsp3) is 0.667. The first-order chi connectivity index (χ1) is 7.74. The van der Waals surface area contributed by atoms with Crippen LogP contribution in [0.4, 0.5) is 0 Å². The van der Waals surface area contributed by atoms with E-state index in [1.54, 1.807) is 11.3 Å². The molecule has 1 aliphatic rings. The molecule has 4 heteroatoms. The molecule has 1 aromatic rings. The highest BCUT2D eigenvalue weighted by atomic mass is 35.5. The van der Waals surface area contributed by atoms with Gasteiger partial charge >= 0.3 is 0 Å². The summed E-state index contributed by atoms with van der Waals surface area (Å²) in [6.07, 6.45) is 5.23. The van der Waals surface area contributed by atoms with E-state index < -0.39 is 0 Å². The third-order valence-corrected chi connectivity index (χ3v) is 4.76. The Balaban J connectivity index is 1.78. The molecule has 2 nitrogen and oxygen atoms in total. The van der Waals surface area contributed by atoms with E-state index in [0.717, 1.165) is 24.0 Å². The first-order valence-electron chi connectivity index (χ1n) is 5.89. The van der Waals surface area contributed by atoms with Crippen LogP contribution in [0.5, 0.6) is 0 Å². The largest absolute Gasteiger partial charge is 0.330 e. The first-order valence-corrected chi connectivity index (χ1v) is 7.09. The van der Waals surface area contributed by atoms with E-state index in [-0.39, 0.29) is 0 Å². The zero-order valence-corrected chi connectivity index (χ0v) is 11.0. The molecule has 0 radical (unpaired) electrons. The minimum Gasteiger partial charge on any atom is -0.330 e. The summed E-state index contributed by atoms with van der Waals surface area (Å²) in [5.74, 6) is 0. The summed E-state index contributed by atoms with van der Waals surface area (Å²) in [6.45, 7) is 2.77. The van der Waals surface area contributed by atoms with E-state index in [1.165, 1.54) is 30.6 Å². The Morgan fingerprint density at radius 2 is 2.12 bits per heavy atom. The second-order valence-corrected chi connectivity index (χ2v) is 6.52. The van der Waals surface area contributed by atoms with Crippen LogP contribution in [0, 0.1) is 5.41 Å². The van der Waals surface area contributed by atoms with E-state index in [0.29, 0.717) is 5.41 Å². The average molecular weight is 259 g/mol. The summed E-state index contributed by atoms with van der Waals surface area (Å²) in [5, 5.41) is 3.52. The molecule has 1 saturated carbocycles. The molecule has 0 atom stereocenters. The third kappa shape index (κ3) is 2.98. The van der Waals surface area contributed by atoms with Gasteiger partial charge in [0.25, 0.3) is 0 Å². The van der Waals surface area contributed by atoms with Gasteiger partial charge in [-0.3, -0.25) is 0 Å². The van der Waals surface area contributed by atoms with Gasteiger partial charge in [0, 0.05) is 18.0 Å². The van der Waals surface area contributed by atoms with Gasteiger partial charge in [0.05, 0.1) is 4.34 Å². The van der Waals surface area contributed by atoms with Gasteiger partial charge in [-0.05, 0) is 36.9 Å². The SMILES string of the molecule is NCC1(CNCc2ccc(Cl)s2)CCCC1. The van der Waals surface area contributed by atoms with Gasteiger partial charge in [-0.2, -0.15) is 0 Å². The van der Waals surface area contributed by atoms with Gasteiger partial charge in [0.2, 0.25) is 0 Å². The van der Waals surface area contributed by atoms with Crippen molar-refractivity contribution in [1.82, 2.24) is 5.32 Å². The van der Waals surface area contributed by atoms with Gasteiger partial charge in [-0.1, -0.05) is 24.4 Å². The average Bonchev–Trinajstić information content (AvgIpc) is 2.89. The lowest BCUT2D eigenvalue weighted by molar-refractivity contribution is 0.290. The van der Waals surface area contributed by atoms with Gasteiger partial charge in [-0.15, -0.1) is 11.3 Å². The van der Waals surface area contributed by atoms with Crippen LogP contribution in [-0.4, -0.2) is 13.1 Å². The van der Waals surface area contributed by atoms with Crippen LogP contribution in [0.1, 0.15) is 30.6 Å². The lowest BCUT2D eigenvalue weighted by Crippen LogP contribution is -2.37.